The zero-order valence-corrected chi connectivity index (χ0v) is 14.1. The van der Waals surface area contributed by atoms with E-state index >= 15 is 0 Å². The van der Waals surface area contributed by atoms with Gasteiger partial charge in [0, 0.05) is 6.54 Å². The highest BCUT2D eigenvalue weighted by molar-refractivity contribution is 7.92. The summed E-state index contributed by atoms with van der Waals surface area (Å²) in [5, 5.41) is 2.41. The van der Waals surface area contributed by atoms with E-state index in [2.05, 4.69) is 10.1 Å². The molecule has 0 aromatic heterocycles. The molecule has 1 aromatic rings. The number of sulfonamides is 1. The van der Waals surface area contributed by atoms with E-state index in [-0.39, 0.29) is 19.7 Å². The fourth-order valence-electron chi connectivity index (χ4n) is 1.80. The zero-order valence-electron chi connectivity index (χ0n) is 13.2. The molecule has 0 unspecified atom stereocenters. The van der Waals surface area contributed by atoms with Gasteiger partial charge in [-0.15, -0.1) is 0 Å². The number of amides is 1. The number of rotatable bonds is 7. The Balaban J connectivity index is 2.87. The number of benzene rings is 1. The molecule has 0 fully saturated rings. The van der Waals surface area contributed by atoms with E-state index in [1.165, 1.54) is 31.4 Å². The van der Waals surface area contributed by atoms with Crippen LogP contribution < -0.4 is 9.62 Å². The largest absolute Gasteiger partial charge is 0.462 e. The second kappa shape index (κ2) is 8.37. The van der Waals surface area contributed by atoms with Gasteiger partial charge >= 0.3 is 12.1 Å². The normalized spacial score (nSPS) is 10.7. The number of nitrogens with zero attached hydrogens (tertiary/aromatic N) is 1. The van der Waals surface area contributed by atoms with Crippen molar-refractivity contribution in [2.24, 2.45) is 0 Å². The summed E-state index contributed by atoms with van der Waals surface area (Å²) in [6, 6.07) is 5.98. The van der Waals surface area contributed by atoms with Crippen molar-refractivity contribution in [3.05, 3.63) is 29.8 Å². The lowest BCUT2D eigenvalue weighted by molar-refractivity contribution is 0.0526. The summed E-state index contributed by atoms with van der Waals surface area (Å²) in [5.41, 5.74) is 0.712. The van der Waals surface area contributed by atoms with Crippen LogP contribution in [0.2, 0.25) is 0 Å². The van der Waals surface area contributed by atoms with Gasteiger partial charge in [-0.25, -0.2) is 18.0 Å². The van der Waals surface area contributed by atoms with E-state index in [1.807, 2.05) is 0 Å². The van der Waals surface area contributed by atoms with Crippen LogP contribution in [-0.2, 0) is 19.5 Å². The highest BCUT2D eigenvalue weighted by atomic mass is 32.2. The number of hydrogen-bond donors (Lipinski definition) is 1. The van der Waals surface area contributed by atoms with Crippen molar-refractivity contribution in [3.8, 4) is 0 Å². The van der Waals surface area contributed by atoms with Crippen LogP contribution in [0.25, 0.3) is 0 Å². The van der Waals surface area contributed by atoms with Crippen molar-refractivity contribution in [2.75, 3.05) is 37.4 Å². The van der Waals surface area contributed by atoms with Gasteiger partial charge in [-0.05, 0) is 31.2 Å². The number of esters is 1. The number of carbonyl (C=O) groups is 2. The molecule has 8 nitrogen and oxygen atoms in total. The molecule has 0 heterocycles. The SMILES string of the molecule is CCOC(=O)c1ccc(N(CCNC(=O)OC)S(C)(=O)=O)cc1. The van der Waals surface area contributed by atoms with E-state index < -0.39 is 22.1 Å². The first kappa shape index (κ1) is 18.8. The topological polar surface area (TPSA) is 102 Å². The molecule has 1 aromatic carbocycles. The first-order chi connectivity index (χ1) is 10.8. The summed E-state index contributed by atoms with van der Waals surface area (Å²) in [4.78, 5) is 22.6. The van der Waals surface area contributed by atoms with Crippen molar-refractivity contribution in [2.45, 2.75) is 6.92 Å². The third-order valence-corrected chi connectivity index (χ3v) is 4.03. The predicted molar refractivity (Wildman–Crippen MR) is 85.0 cm³/mol. The number of hydrogen-bond acceptors (Lipinski definition) is 6. The number of anilines is 1. The molecule has 1 N–H and O–H groups in total. The van der Waals surface area contributed by atoms with Gasteiger partial charge in [0.05, 0.1) is 37.8 Å². The molecular weight excluding hydrogens is 324 g/mol. The van der Waals surface area contributed by atoms with Crippen LogP contribution >= 0.6 is 0 Å². The van der Waals surface area contributed by atoms with Crippen molar-refractivity contribution < 1.29 is 27.5 Å². The average Bonchev–Trinajstić information content (AvgIpc) is 2.50. The number of ether oxygens (including phenoxy) is 2. The highest BCUT2D eigenvalue weighted by Crippen LogP contribution is 2.18. The van der Waals surface area contributed by atoms with Crippen LogP contribution in [0.4, 0.5) is 10.5 Å². The van der Waals surface area contributed by atoms with Gasteiger partial charge in [0.15, 0.2) is 0 Å². The molecule has 0 bridgehead atoms. The van der Waals surface area contributed by atoms with E-state index in [0.717, 1.165) is 10.6 Å². The van der Waals surface area contributed by atoms with E-state index in [9.17, 15) is 18.0 Å². The maximum atomic E-state index is 11.9. The lowest BCUT2D eigenvalue weighted by atomic mass is 10.2. The van der Waals surface area contributed by atoms with Crippen LogP contribution in [0.3, 0.4) is 0 Å². The summed E-state index contributed by atoms with van der Waals surface area (Å²) in [5.74, 6) is -0.475. The Labute approximate surface area is 135 Å². The molecule has 0 aliphatic heterocycles. The van der Waals surface area contributed by atoms with Gasteiger partial charge in [-0.3, -0.25) is 4.31 Å². The smallest absolute Gasteiger partial charge is 0.406 e. The number of alkyl carbamates (subject to hydrolysis) is 1. The second-order valence-electron chi connectivity index (χ2n) is 4.52. The summed E-state index contributed by atoms with van der Waals surface area (Å²) in [6.45, 7) is 2.08. The van der Waals surface area contributed by atoms with Crippen molar-refractivity contribution in [1.82, 2.24) is 5.32 Å². The maximum Gasteiger partial charge on any atom is 0.406 e. The Bertz CT molecular complexity index is 642. The molecule has 0 saturated carbocycles. The summed E-state index contributed by atoms with van der Waals surface area (Å²) in [7, 11) is -2.32. The first-order valence-electron chi connectivity index (χ1n) is 6.86. The Hall–Kier alpha value is -2.29. The fourth-order valence-corrected chi connectivity index (χ4v) is 2.72. The fraction of sp³-hybridized carbons (Fsp3) is 0.429. The molecule has 0 aliphatic carbocycles. The molecule has 0 aliphatic rings. The monoisotopic (exact) mass is 344 g/mol. The van der Waals surface area contributed by atoms with Crippen molar-refractivity contribution in [1.29, 1.82) is 0 Å². The van der Waals surface area contributed by atoms with Crippen LogP contribution in [0.1, 0.15) is 17.3 Å². The Morgan fingerprint density at radius 1 is 1.22 bits per heavy atom. The molecule has 0 radical (unpaired) electrons. The summed E-state index contributed by atoms with van der Waals surface area (Å²) < 4.78 is 34.2. The maximum absolute atomic E-state index is 11.9. The molecule has 0 spiro atoms. The minimum absolute atomic E-state index is 0.0344. The van der Waals surface area contributed by atoms with Gasteiger partial charge in [0.2, 0.25) is 10.0 Å². The van der Waals surface area contributed by atoms with Crippen LogP contribution in [-0.4, -0.2) is 53.5 Å². The molecule has 128 valence electrons. The molecule has 0 atom stereocenters. The second-order valence-corrected chi connectivity index (χ2v) is 6.43. The molecule has 1 amide bonds. The molecule has 23 heavy (non-hydrogen) atoms. The van der Waals surface area contributed by atoms with Gasteiger partial charge < -0.3 is 14.8 Å². The molecule has 1 rings (SSSR count). The minimum atomic E-state index is -3.54. The highest BCUT2D eigenvalue weighted by Gasteiger charge is 2.18. The van der Waals surface area contributed by atoms with Crippen LogP contribution in [0.15, 0.2) is 24.3 Å². The quantitative estimate of drug-likeness (QED) is 0.740. The molecule has 0 saturated heterocycles. The molecular formula is C14H20N2O6S. The lowest BCUT2D eigenvalue weighted by Gasteiger charge is -2.22. The predicted octanol–water partition coefficient (Wildman–Crippen LogP) is 0.985. The summed E-state index contributed by atoms with van der Waals surface area (Å²) >= 11 is 0. The number of methoxy groups -OCH3 is 1. The third kappa shape index (κ3) is 5.78. The van der Waals surface area contributed by atoms with Gasteiger partial charge in [-0.1, -0.05) is 0 Å². The van der Waals surface area contributed by atoms with Gasteiger partial charge in [-0.2, -0.15) is 0 Å². The Morgan fingerprint density at radius 3 is 2.30 bits per heavy atom. The third-order valence-electron chi connectivity index (χ3n) is 2.84. The van der Waals surface area contributed by atoms with E-state index in [4.69, 9.17) is 4.74 Å². The first-order valence-corrected chi connectivity index (χ1v) is 8.71. The van der Waals surface area contributed by atoms with Gasteiger partial charge in [0.25, 0.3) is 0 Å². The van der Waals surface area contributed by atoms with E-state index in [0.29, 0.717) is 11.3 Å². The lowest BCUT2D eigenvalue weighted by Crippen LogP contribution is -2.38. The average molecular weight is 344 g/mol. The van der Waals surface area contributed by atoms with Crippen LogP contribution in [0, 0.1) is 0 Å². The number of nitrogens with one attached hydrogen (secondary N) is 1. The Morgan fingerprint density at radius 2 is 1.83 bits per heavy atom. The Kier molecular flexibility index (Phi) is 6.83. The van der Waals surface area contributed by atoms with Crippen LogP contribution in [0.5, 0.6) is 0 Å². The van der Waals surface area contributed by atoms with Gasteiger partial charge in [0.1, 0.15) is 0 Å². The van der Waals surface area contributed by atoms with Crippen molar-refractivity contribution >= 4 is 27.8 Å². The van der Waals surface area contributed by atoms with Crippen molar-refractivity contribution in [3.63, 3.8) is 0 Å². The zero-order chi connectivity index (χ0) is 17.5. The number of carbonyl (C=O) groups excluding carboxylic acids is 2. The standard InChI is InChI=1S/C14H20N2O6S/c1-4-22-13(17)11-5-7-12(8-6-11)16(23(3,19)20)10-9-15-14(18)21-2/h5-8H,4,9-10H2,1-3H3,(H,15,18). The summed E-state index contributed by atoms with van der Waals surface area (Å²) in [6.07, 6.45) is 0.417. The van der Waals surface area contributed by atoms with E-state index in [1.54, 1.807) is 6.92 Å². The minimum Gasteiger partial charge on any atom is -0.462 e. The molecule has 9 heteroatoms.